The smallest absolute Gasteiger partial charge is 0.124 e. The molecule has 0 fully saturated rings. The highest BCUT2D eigenvalue weighted by Gasteiger charge is 2.21. The highest BCUT2D eigenvalue weighted by atomic mass is 16.3. The maximum absolute atomic E-state index is 11.0. The van der Waals surface area contributed by atoms with E-state index in [4.69, 9.17) is 0 Å². The summed E-state index contributed by atoms with van der Waals surface area (Å²) < 4.78 is 0. The molecule has 34 heavy (non-hydrogen) atoms. The molecule has 0 aliphatic heterocycles. The summed E-state index contributed by atoms with van der Waals surface area (Å²) in [6.45, 7) is 0. The van der Waals surface area contributed by atoms with Crippen molar-refractivity contribution in [2.75, 3.05) is 0 Å². The zero-order valence-corrected chi connectivity index (χ0v) is 18.0. The van der Waals surface area contributed by atoms with E-state index >= 15 is 0 Å². The number of hydrogen-bond donors (Lipinski definition) is 4. The summed E-state index contributed by atoms with van der Waals surface area (Å²) in [6, 6.07) is 28.8. The van der Waals surface area contributed by atoms with Crippen LogP contribution in [-0.2, 0) is 0 Å². The van der Waals surface area contributed by atoms with E-state index in [1.807, 2.05) is 60.7 Å². The molecule has 6 aromatic carbocycles. The molecule has 6 rings (SSSR count). The van der Waals surface area contributed by atoms with Gasteiger partial charge in [0, 0.05) is 22.3 Å². The predicted molar refractivity (Wildman–Crippen MR) is 136 cm³/mol. The Hall–Kier alpha value is -4.70. The molecule has 4 heteroatoms. The van der Waals surface area contributed by atoms with Crippen molar-refractivity contribution in [2.24, 2.45) is 0 Å². The van der Waals surface area contributed by atoms with Crippen LogP contribution in [-0.4, -0.2) is 20.4 Å². The molecule has 0 saturated carbocycles. The van der Waals surface area contributed by atoms with E-state index < -0.39 is 0 Å². The molecule has 0 radical (unpaired) electrons. The number of fused-ring (bicyclic) bond motifs is 3. The number of benzene rings is 6. The number of aromatic hydroxyl groups is 4. The third-order valence-corrected chi connectivity index (χ3v) is 6.47. The summed E-state index contributed by atoms with van der Waals surface area (Å²) in [7, 11) is 0. The van der Waals surface area contributed by atoms with Crippen LogP contribution in [0, 0.1) is 0 Å². The maximum atomic E-state index is 11.0. The Morgan fingerprint density at radius 2 is 0.618 bits per heavy atom. The Bertz CT molecular complexity index is 1620. The standard InChI is InChI=1S/C30H20O4/c31-23-13-9-17-5-1-3-7-19(17)27(23)29-21-11-16-26(34)30(22(21)12-15-25(29)33)28-20-8-4-2-6-18(20)10-14-24(28)32/h1-16,31-34H. The first-order valence-corrected chi connectivity index (χ1v) is 10.9. The third-order valence-electron chi connectivity index (χ3n) is 6.47. The number of phenolic OH excluding ortho intramolecular Hbond substituents is 4. The SMILES string of the molecule is Oc1ccc2ccccc2c1-c1c(O)ccc2c(-c3c(O)ccc4ccccc34)c(O)ccc12. The lowest BCUT2D eigenvalue weighted by Crippen LogP contribution is -1.90. The lowest BCUT2D eigenvalue weighted by molar-refractivity contribution is 0.469. The summed E-state index contributed by atoms with van der Waals surface area (Å²) in [6.07, 6.45) is 0. The van der Waals surface area contributed by atoms with E-state index in [1.165, 1.54) is 0 Å². The number of rotatable bonds is 2. The highest BCUT2D eigenvalue weighted by Crippen LogP contribution is 2.50. The van der Waals surface area contributed by atoms with E-state index in [0.29, 0.717) is 33.0 Å². The molecule has 0 aliphatic rings. The molecule has 0 spiro atoms. The number of phenols is 4. The second-order valence-electron chi connectivity index (χ2n) is 8.38. The van der Waals surface area contributed by atoms with Crippen molar-refractivity contribution in [3.8, 4) is 45.3 Å². The molecule has 0 heterocycles. The van der Waals surface area contributed by atoms with Crippen LogP contribution in [0.2, 0.25) is 0 Å². The Kier molecular flexibility index (Phi) is 4.36. The van der Waals surface area contributed by atoms with Crippen LogP contribution in [0.4, 0.5) is 0 Å². The lowest BCUT2D eigenvalue weighted by atomic mass is 9.87. The van der Waals surface area contributed by atoms with E-state index in [1.54, 1.807) is 36.4 Å². The largest absolute Gasteiger partial charge is 0.507 e. The minimum Gasteiger partial charge on any atom is -0.507 e. The zero-order chi connectivity index (χ0) is 23.4. The molecule has 6 aromatic rings. The summed E-state index contributed by atoms with van der Waals surface area (Å²) >= 11 is 0. The minimum absolute atomic E-state index is 0.0120. The van der Waals surface area contributed by atoms with Gasteiger partial charge < -0.3 is 20.4 Å². The lowest BCUT2D eigenvalue weighted by Gasteiger charge is -2.18. The topological polar surface area (TPSA) is 80.9 Å². The van der Waals surface area contributed by atoms with Gasteiger partial charge in [-0.2, -0.15) is 0 Å². The second-order valence-corrected chi connectivity index (χ2v) is 8.38. The first-order chi connectivity index (χ1) is 16.5. The van der Waals surface area contributed by atoms with Crippen molar-refractivity contribution in [1.29, 1.82) is 0 Å². The van der Waals surface area contributed by atoms with E-state index in [2.05, 4.69) is 0 Å². The van der Waals surface area contributed by atoms with Crippen LogP contribution < -0.4 is 0 Å². The van der Waals surface area contributed by atoms with Gasteiger partial charge in [0.15, 0.2) is 0 Å². The fraction of sp³-hybridized carbons (Fsp3) is 0. The predicted octanol–water partition coefficient (Wildman–Crippen LogP) is 7.30. The molecule has 0 aromatic heterocycles. The third kappa shape index (κ3) is 2.86. The van der Waals surface area contributed by atoms with Gasteiger partial charge in [0.25, 0.3) is 0 Å². The Morgan fingerprint density at radius 3 is 1.03 bits per heavy atom. The molecular weight excluding hydrogens is 424 g/mol. The molecular formula is C30H20O4. The first-order valence-electron chi connectivity index (χ1n) is 10.9. The fourth-order valence-corrected chi connectivity index (χ4v) is 4.95. The summed E-state index contributed by atoms with van der Waals surface area (Å²) in [5.41, 5.74) is 1.96. The van der Waals surface area contributed by atoms with Gasteiger partial charge in [0.05, 0.1) is 0 Å². The van der Waals surface area contributed by atoms with Crippen molar-refractivity contribution in [2.45, 2.75) is 0 Å². The van der Waals surface area contributed by atoms with Gasteiger partial charge in [-0.25, -0.2) is 0 Å². The van der Waals surface area contributed by atoms with Gasteiger partial charge in [-0.05, 0) is 68.7 Å². The van der Waals surface area contributed by atoms with E-state index in [9.17, 15) is 20.4 Å². The molecule has 0 unspecified atom stereocenters. The van der Waals surface area contributed by atoms with Crippen LogP contribution in [0.5, 0.6) is 23.0 Å². The van der Waals surface area contributed by atoms with Crippen LogP contribution in [0.15, 0.2) is 97.1 Å². The van der Waals surface area contributed by atoms with Crippen molar-refractivity contribution >= 4 is 32.3 Å². The van der Waals surface area contributed by atoms with Crippen LogP contribution >= 0.6 is 0 Å². The maximum Gasteiger partial charge on any atom is 0.124 e. The Morgan fingerprint density at radius 1 is 0.294 bits per heavy atom. The van der Waals surface area contributed by atoms with Crippen molar-refractivity contribution in [1.82, 2.24) is 0 Å². The molecule has 0 aliphatic carbocycles. The molecule has 0 saturated heterocycles. The van der Waals surface area contributed by atoms with Crippen LogP contribution in [0.3, 0.4) is 0 Å². The highest BCUT2D eigenvalue weighted by molar-refractivity contribution is 6.16. The molecule has 0 atom stereocenters. The van der Waals surface area contributed by atoms with Gasteiger partial charge in [-0.3, -0.25) is 0 Å². The molecule has 0 bridgehead atoms. The van der Waals surface area contributed by atoms with Crippen LogP contribution in [0.25, 0.3) is 54.6 Å². The van der Waals surface area contributed by atoms with Gasteiger partial charge in [0.1, 0.15) is 23.0 Å². The van der Waals surface area contributed by atoms with Crippen molar-refractivity contribution in [3.63, 3.8) is 0 Å². The first kappa shape index (κ1) is 19.9. The molecule has 4 N–H and O–H groups in total. The number of hydrogen-bond acceptors (Lipinski definition) is 4. The summed E-state index contributed by atoms with van der Waals surface area (Å²) in [4.78, 5) is 0. The average Bonchev–Trinajstić information content (AvgIpc) is 2.85. The van der Waals surface area contributed by atoms with E-state index in [-0.39, 0.29) is 23.0 Å². The van der Waals surface area contributed by atoms with E-state index in [0.717, 1.165) is 21.5 Å². The quantitative estimate of drug-likeness (QED) is 0.226. The van der Waals surface area contributed by atoms with Crippen molar-refractivity contribution in [3.05, 3.63) is 97.1 Å². The molecule has 4 nitrogen and oxygen atoms in total. The Labute approximate surface area is 195 Å². The Balaban J connectivity index is 1.77. The van der Waals surface area contributed by atoms with Gasteiger partial charge in [-0.1, -0.05) is 60.7 Å². The van der Waals surface area contributed by atoms with Crippen LogP contribution in [0.1, 0.15) is 0 Å². The minimum atomic E-state index is 0.0120. The summed E-state index contributed by atoms with van der Waals surface area (Å²) in [5.74, 6) is 0.115. The van der Waals surface area contributed by atoms with Gasteiger partial charge in [0.2, 0.25) is 0 Å². The fourth-order valence-electron chi connectivity index (χ4n) is 4.95. The van der Waals surface area contributed by atoms with Gasteiger partial charge >= 0.3 is 0 Å². The molecule has 0 amide bonds. The average molecular weight is 444 g/mol. The zero-order valence-electron chi connectivity index (χ0n) is 18.0. The molecule has 164 valence electrons. The van der Waals surface area contributed by atoms with Gasteiger partial charge in [-0.15, -0.1) is 0 Å². The second kappa shape index (κ2) is 7.42. The summed E-state index contributed by atoms with van der Waals surface area (Å²) in [5, 5.41) is 48.4. The van der Waals surface area contributed by atoms with Crippen molar-refractivity contribution < 1.29 is 20.4 Å². The monoisotopic (exact) mass is 444 g/mol. The normalized spacial score (nSPS) is 11.4.